The number of rotatable bonds is 2. The molecular weight excluding hydrogens is 296 g/mol. The lowest BCUT2D eigenvalue weighted by molar-refractivity contribution is -0.120. The fraction of sp³-hybridized carbons (Fsp3) is 0.400. The van der Waals surface area contributed by atoms with Gasteiger partial charge in [-0.2, -0.15) is 4.52 Å². The Kier molecular flexibility index (Phi) is 3.10. The number of nitrogens with two attached hydrogens (primary N) is 1. The average Bonchev–Trinajstić information content (AvgIpc) is 3.20. The third kappa shape index (κ3) is 2.26. The Bertz CT molecular complexity index is 883. The second-order valence-corrected chi connectivity index (χ2v) is 5.82. The molecule has 1 atom stereocenters. The summed E-state index contributed by atoms with van der Waals surface area (Å²) in [5.74, 6) is 1.59. The van der Waals surface area contributed by atoms with Gasteiger partial charge in [0.05, 0.1) is 6.20 Å². The number of anilines is 1. The van der Waals surface area contributed by atoms with Crippen LogP contribution in [-0.4, -0.2) is 30.3 Å². The van der Waals surface area contributed by atoms with Crippen LogP contribution in [0, 0.1) is 6.92 Å². The topological polar surface area (TPSA) is 112 Å². The standard InChI is InChI=1S/C15H16N6O2/c1-8-11(14-17-5-6-23-14)18-15(16)21-13(8)19-12(20-21)9-3-2-4-10(22)7-9/h5-6,9H,2-4,7H2,1H3,(H2,16,18). The fourth-order valence-electron chi connectivity index (χ4n) is 3.05. The molecule has 2 N–H and O–H groups in total. The molecule has 3 aromatic heterocycles. The maximum Gasteiger partial charge on any atom is 0.245 e. The van der Waals surface area contributed by atoms with Gasteiger partial charge < -0.3 is 10.2 Å². The monoisotopic (exact) mass is 312 g/mol. The van der Waals surface area contributed by atoms with Crippen LogP contribution in [0.2, 0.25) is 0 Å². The number of nitrogen functional groups attached to an aromatic ring is 1. The summed E-state index contributed by atoms with van der Waals surface area (Å²) in [5.41, 5.74) is 7.99. The van der Waals surface area contributed by atoms with E-state index in [9.17, 15) is 4.79 Å². The van der Waals surface area contributed by atoms with Crippen molar-refractivity contribution >= 4 is 17.4 Å². The van der Waals surface area contributed by atoms with E-state index in [1.807, 2.05) is 6.92 Å². The van der Waals surface area contributed by atoms with Crippen molar-refractivity contribution in [3.8, 4) is 11.6 Å². The minimum absolute atomic E-state index is 0.0557. The van der Waals surface area contributed by atoms with Crippen LogP contribution in [0.15, 0.2) is 16.9 Å². The number of oxazole rings is 1. The number of nitrogens with zero attached hydrogens (tertiary/aromatic N) is 5. The van der Waals surface area contributed by atoms with Crippen molar-refractivity contribution in [1.82, 2.24) is 24.6 Å². The molecule has 1 unspecified atom stereocenters. The minimum atomic E-state index is 0.0557. The predicted molar refractivity (Wildman–Crippen MR) is 81.6 cm³/mol. The molecule has 0 radical (unpaired) electrons. The van der Waals surface area contributed by atoms with E-state index < -0.39 is 0 Å². The summed E-state index contributed by atoms with van der Waals surface area (Å²) >= 11 is 0. The van der Waals surface area contributed by atoms with Gasteiger partial charge in [0.15, 0.2) is 11.5 Å². The summed E-state index contributed by atoms with van der Waals surface area (Å²) in [6, 6.07) is 0. The molecule has 0 saturated heterocycles. The van der Waals surface area contributed by atoms with Crippen LogP contribution in [0.3, 0.4) is 0 Å². The number of Topliss-reactive ketones (excluding diaryl/α,β-unsaturated/α-hetero) is 1. The first-order valence-corrected chi connectivity index (χ1v) is 7.58. The van der Waals surface area contributed by atoms with Crippen LogP contribution in [0.1, 0.15) is 43.0 Å². The molecule has 0 amide bonds. The van der Waals surface area contributed by atoms with E-state index in [1.54, 1.807) is 6.20 Å². The summed E-state index contributed by atoms with van der Waals surface area (Å²) < 4.78 is 6.83. The average molecular weight is 312 g/mol. The number of aromatic nitrogens is 5. The first-order valence-electron chi connectivity index (χ1n) is 7.58. The number of ketones is 1. The van der Waals surface area contributed by atoms with Crippen molar-refractivity contribution in [1.29, 1.82) is 0 Å². The molecule has 0 bridgehead atoms. The van der Waals surface area contributed by atoms with Crippen molar-refractivity contribution in [3.05, 3.63) is 23.8 Å². The maximum absolute atomic E-state index is 11.7. The molecule has 1 saturated carbocycles. The zero-order valence-electron chi connectivity index (χ0n) is 12.7. The lowest BCUT2D eigenvalue weighted by Gasteiger charge is -2.17. The Morgan fingerprint density at radius 3 is 3.00 bits per heavy atom. The van der Waals surface area contributed by atoms with Crippen LogP contribution in [0.5, 0.6) is 0 Å². The highest BCUT2D eigenvalue weighted by molar-refractivity contribution is 5.80. The normalized spacial score (nSPS) is 18.7. The van der Waals surface area contributed by atoms with Gasteiger partial charge in [0.2, 0.25) is 11.8 Å². The number of carbonyl (C=O) groups excluding carboxylic acids is 1. The molecule has 118 valence electrons. The molecule has 8 nitrogen and oxygen atoms in total. The van der Waals surface area contributed by atoms with Crippen LogP contribution < -0.4 is 5.73 Å². The van der Waals surface area contributed by atoms with Crippen molar-refractivity contribution in [2.75, 3.05) is 5.73 Å². The quantitative estimate of drug-likeness (QED) is 0.768. The number of hydrogen-bond acceptors (Lipinski definition) is 7. The second-order valence-electron chi connectivity index (χ2n) is 5.82. The molecule has 3 aromatic rings. The summed E-state index contributed by atoms with van der Waals surface area (Å²) in [6.07, 6.45) is 5.99. The smallest absolute Gasteiger partial charge is 0.245 e. The molecule has 0 aliphatic heterocycles. The maximum atomic E-state index is 11.7. The molecule has 3 heterocycles. The highest BCUT2D eigenvalue weighted by atomic mass is 16.3. The van der Waals surface area contributed by atoms with Crippen molar-refractivity contribution < 1.29 is 9.21 Å². The number of carbonyl (C=O) groups is 1. The fourth-order valence-corrected chi connectivity index (χ4v) is 3.05. The van der Waals surface area contributed by atoms with Crippen molar-refractivity contribution in [3.63, 3.8) is 0 Å². The van der Waals surface area contributed by atoms with Crippen LogP contribution in [-0.2, 0) is 4.79 Å². The first kappa shape index (κ1) is 13.9. The van der Waals surface area contributed by atoms with Gasteiger partial charge in [-0.25, -0.2) is 15.0 Å². The highest BCUT2D eigenvalue weighted by Gasteiger charge is 2.26. The Morgan fingerprint density at radius 2 is 2.26 bits per heavy atom. The SMILES string of the molecule is Cc1c(-c2ncco2)nc(N)n2nc(C3CCCC(=O)C3)nc12. The van der Waals surface area contributed by atoms with Gasteiger partial charge in [-0.1, -0.05) is 0 Å². The zero-order chi connectivity index (χ0) is 16.0. The Morgan fingerprint density at radius 1 is 1.39 bits per heavy atom. The van der Waals surface area contributed by atoms with Crippen LogP contribution >= 0.6 is 0 Å². The van der Waals surface area contributed by atoms with Crippen molar-refractivity contribution in [2.24, 2.45) is 0 Å². The van der Waals surface area contributed by atoms with Crippen molar-refractivity contribution in [2.45, 2.75) is 38.5 Å². The molecule has 23 heavy (non-hydrogen) atoms. The summed E-state index contributed by atoms with van der Waals surface area (Å²) in [7, 11) is 0. The van der Waals surface area contributed by atoms with Gasteiger partial charge in [0.25, 0.3) is 0 Å². The molecule has 1 fully saturated rings. The zero-order valence-corrected chi connectivity index (χ0v) is 12.7. The highest BCUT2D eigenvalue weighted by Crippen LogP contribution is 2.31. The molecule has 4 rings (SSSR count). The van der Waals surface area contributed by atoms with E-state index in [0.29, 0.717) is 35.9 Å². The van der Waals surface area contributed by atoms with Crippen LogP contribution in [0.4, 0.5) is 5.95 Å². The molecule has 0 aromatic carbocycles. The first-order chi connectivity index (χ1) is 11.1. The predicted octanol–water partition coefficient (Wildman–Crippen LogP) is 1.90. The van der Waals surface area contributed by atoms with Gasteiger partial charge in [0.1, 0.15) is 17.7 Å². The minimum Gasteiger partial charge on any atom is -0.443 e. The Labute approximate surface area is 131 Å². The number of hydrogen-bond donors (Lipinski definition) is 1. The second kappa shape index (κ2) is 5.15. The van der Waals surface area contributed by atoms with E-state index in [1.165, 1.54) is 10.8 Å². The number of fused-ring (bicyclic) bond motifs is 1. The lowest BCUT2D eigenvalue weighted by Crippen LogP contribution is -2.14. The number of aryl methyl sites for hydroxylation is 1. The van der Waals surface area contributed by atoms with E-state index in [2.05, 4.69) is 20.1 Å². The van der Waals surface area contributed by atoms with E-state index in [-0.39, 0.29) is 17.6 Å². The Hall–Kier alpha value is -2.77. The van der Waals surface area contributed by atoms with E-state index in [4.69, 9.17) is 10.2 Å². The molecule has 1 aliphatic rings. The van der Waals surface area contributed by atoms with Crippen LogP contribution in [0.25, 0.3) is 17.2 Å². The lowest BCUT2D eigenvalue weighted by atomic mass is 9.88. The summed E-state index contributed by atoms with van der Waals surface area (Å²) in [6.45, 7) is 1.88. The van der Waals surface area contributed by atoms with E-state index in [0.717, 1.165) is 18.4 Å². The third-order valence-electron chi connectivity index (χ3n) is 4.24. The summed E-state index contributed by atoms with van der Waals surface area (Å²) in [4.78, 5) is 24.7. The molecule has 0 spiro atoms. The van der Waals surface area contributed by atoms with Gasteiger partial charge in [0, 0.05) is 24.3 Å². The Balaban J connectivity index is 1.83. The van der Waals surface area contributed by atoms with Gasteiger partial charge in [-0.15, -0.1) is 5.10 Å². The molecule has 1 aliphatic carbocycles. The third-order valence-corrected chi connectivity index (χ3v) is 4.24. The van der Waals surface area contributed by atoms with Gasteiger partial charge >= 0.3 is 0 Å². The van der Waals surface area contributed by atoms with Gasteiger partial charge in [-0.3, -0.25) is 4.79 Å². The summed E-state index contributed by atoms with van der Waals surface area (Å²) in [5, 5.41) is 4.47. The molecule has 8 heteroatoms. The largest absolute Gasteiger partial charge is 0.443 e. The van der Waals surface area contributed by atoms with Gasteiger partial charge in [-0.05, 0) is 19.8 Å². The molecular formula is C15H16N6O2. The van der Waals surface area contributed by atoms with E-state index >= 15 is 0 Å².